The first-order valence-electron chi connectivity index (χ1n) is 6.59. The minimum atomic E-state index is -0.205. The van der Waals surface area contributed by atoms with Crippen LogP contribution in [-0.2, 0) is 6.54 Å². The van der Waals surface area contributed by atoms with E-state index in [0.717, 1.165) is 12.1 Å². The van der Waals surface area contributed by atoms with Crippen molar-refractivity contribution in [1.82, 2.24) is 9.55 Å². The lowest BCUT2D eigenvalue weighted by molar-refractivity contribution is 0.611. The number of rotatable bonds is 4. The van der Waals surface area contributed by atoms with Crippen molar-refractivity contribution >= 4 is 0 Å². The second-order valence-electron chi connectivity index (χ2n) is 4.77. The Morgan fingerprint density at radius 1 is 0.950 bits per heavy atom. The van der Waals surface area contributed by atoms with E-state index in [9.17, 15) is 4.39 Å². The molecule has 1 unspecified atom stereocenters. The Morgan fingerprint density at radius 3 is 2.30 bits per heavy atom. The molecule has 1 atom stereocenters. The Bertz CT molecular complexity index is 645. The maximum absolute atomic E-state index is 13.1. The third-order valence-electron chi connectivity index (χ3n) is 3.43. The highest BCUT2D eigenvalue weighted by Gasteiger charge is 2.14. The molecule has 0 aliphatic rings. The average molecular weight is 266 g/mol. The highest BCUT2D eigenvalue weighted by atomic mass is 19.1. The van der Waals surface area contributed by atoms with Gasteiger partial charge in [0, 0.05) is 24.9 Å². The molecule has 3 rings (SSSR count). The van der Waals surface area contributed by atoms with Gasteiger partial charge in [-0.3, -0.25) is 0 Å². The molecule has 20 heavy (non-hydrogen) atoms. The van der Waals surface area contributed by atoms with Crippen LogP contribution in [0.15, 0.2) is 73.3 Å². The average Bonchev–Trinajstić information content (AvgIpc) is 3.00. The van der Waals surface area contributed by atoms with Gasteiger partial charge in [0.05, 0.1) is 6.33 Å². The molecule has 0 N–H and O–H groups in total. The molecule has 2 nitrogen and oxygen atoms in total. The Hall–Kier alpha value is -2.42. The first kappa shape index (κ1) is 12.6. The van der Waals surface area contributed by atoms with E-state index in [2.05, 4.69) is 17.1 Å². The van der Waals surface area contributed by atoms with Gasteiger partial charge < -0.3 is 4.57 Å². The van der Waals surface area contributed by atoms with E-state index in [-0.39, 0.29) is 11.7 Å². The lowest BCUT2D eigenvalue weighted by atomic mass is 9.91. The van der Waals surface area contributed by atoms with E-state index in [4.69, 9.17) is 0 Å². The van der Waals surface area contributed by atoms with Gasteiger partial charge in [0.1, 0.15) is 5.82 Å². The molecule has 2 aromatic carbocycles. The molecule has 100 valence electrons. The zero-order chi connectivity index (χ0) is 13.8. The molecular formula is C17H15FN2. The van der Waals surface area contributed by atoms with Crippen LogP contribution in [0.4, 0.5) is 4.39 Å². The Kier molecular flexibility index (Phi) is 3.59. The van der Waals surface area contributed by atoms with Crippen LogP contribution in [0.3, 0.4) is 0 Å². The molecule has 1 aromatic heterocycles. The molecule has 0 saturated carbocycles. The largest absolute Gasteiger partial charge is 0.337 e. The molecule has 0 saturated heterocycles. The van der Waals surface area contributed by atoms with Crippen LogP contribution in [0.5, 0.6) is 0 Å². The minimum absolute atomic E-state index is 0.186. The molecule has 0 fully saturated rings. The zero-order valence-corrected chi connectivity index (χ0v) is 11.0. The minimum Gasteiger partial charge on any atom is -0.337 e. The van der Waals surface area contributed by atoms with Gasteiger partial charge >= 0.3 is 0 Å². The van der Waals surface area contributed by atoms with Crippen molar-refractivity contribution in [3.05, 3.63) is 90.3 Å². The van der Waals surface area contributed by atoms with E-state index >= 15 is 0 Å². The summed E-state index contributed by atoms with van der Waals surface area (Å²) in [4.78, 5) is 4.08. The normalized spacial score (nSPS) is 12.2. The Balaban J connectivity index is 1.97. The first-order valence-corrected chi connectivity index (χ1v) is 6.59. The van der Waals surface area contributed by atoms with Gasteiger partial charge in [0.2, 0.25) is 0 Å². The van der Waals surface area contributed by atoms with E-state index in [1.807, 2.05) is 41.1 Å². The van der Waals surface area contributed by atoms with Crippen LogP contribution in [0.2, 0.25) is 0 Å². The predicted octanol–water partition coefficient (Wildman–Crippen LogP) is 3.85. The lowest BCUT2D eigenvalue weighted by Gasteiger charge is -2.18. The second-order valence-corrected chi connectivity index (χ2v) is 4.77. The zero-order valence-electron chi connectivity index (χ0n) is 11.0. The Labute approximate surface area is 117 Å². The molecule has 3 heteroatoms. The highest BCUT2D eigenvalue weighted by molar-refractivity contribution is 5.32. The van der Waals surface area contributed by atoms with Crippen LogP contribution in [-0.4, -0.2) is 9.55 Å². The van der Waals surface area contributed by atoms with Crippen molar-refractivity contribution in [3.8, 4) is 0 Å². The number of benzene rings is 2. The van der Waals surface area contributed by atoms with Crippen molar-refractivity contribution in [2.24, 2.45) is 0 Å². The SMILES string of the molecule is Fc1ccc(C(Cn2ccnc2)c2ccccc2)cc1. The molecule has 0 bridgehead atoms. The number of aromatic nitrogens is 2. The number of halogens is 1. The van der Waals surface area contributed by atoms with Gasteiger partial charge in [-0.15, -0.1) is 0 Å². The molecule has 0 amide bonds. The number of nitrogens with zero attached hydrogens (tertiary/aromatic N) is 2. The fraction of sp³-hybridized carbons (Fsp3) is 0.118. The molecule has 0 radical (unpaired) electrons. The topological polar surface area (TPSA) is 17.8 Å². The molecule has 0 aliphatic carbocycles. The quantitative estimate of drug-likeness (QED) is 0.701. The van der Waals surface area contributed by atoms with Gasteiger partial charge in [-0.1, -0.05) is 42.5 Å². The van der Waals surface area contributed by atoms with Crippen LogP contribution < -0.4 is 0 Å². The van der Waals surface area contributed by atoms with E-state index in [0.29, 0.717) is 0 Å². The van der Waals surface area contributed by atoms with Crippen molar-refractivity contribution < 1.29 is 4.39 Å². The van der Waals surface area contributed by atoms with Crippen LogP contribution in [0, 0.1) is 5.82 Å². The van der Waals surface area contributed by atoms with E-state index in [1.165, 1.54) is 17.7 Å². The smallest absolute Gasteiger partial charge is 0.123 e. The van der Waals surface area contributed by atoms with Crippen LogP contribution in [0.25, 0.3) is 0 Å². The van der Waals surface area contributed by atoms with Gasteiger partial charge in [0.25, 0.3) is 0 Å². The van der Waals surface area contributed by atoms with Crippen molar-refractivity contribution in [2.45, 2.75) is 12.5 Å². The predicted molar refractivity (Wildman–Crippen MR) is 76.9 cm³/mol. The fourth-order valence-corrected chi connectivity index (χ4v) is 2.39. The van der Waals surface area contributed by atoms with E-state index < -0.39 is 0 Å². The summed E-state index contributed by atoms with van der Waals surface area (Å²) >= 11 is 0. The fourth-order valence-electron chi connectivity index (χ4n) is 2.39. The standard InChI is InChI=1S/C17H15FN2/c18-16-8-6-15(7-9-16)17(12-20-11-10-19-13-20)14-4-2-1-3-5-14/h1-11,13,17H,12H2. The summed E-state index contributed by atoms with van der Waals surface area (Å²) in [6, 6.07) is 17.0. The summed E-state index contributed by atoms with van der Waals surface area (Å²) in [5, 5.41) is 0. The van der Waals surface area contributed by atoms with Crippen molar-refractivity contribution in [1.29, 1.82) is 0 Å². The third kappa shape index (κ3) is 2.77. The summed E-state index contributed by atoms with van der Waals surface area (Å²) in [6.07, 6.45) is 5.52. The van der Waals surface area contributed by atoms with Crippen LogP contribution >= 0.6 is 0 Å². The highest BCUT2D eigenvalue weighted by Crippen LogP contribution is 2.26. The molecule has 1 heterocycles. The summed E-state index contributed by atoms with van der Waals surface area (Å²) in [5.74, 6) is -0.0193. The van der Waals surface area contributed by atoms with Crippen molar-refractivity contribution in [3.63, 3.8) is 0 Å². The van der Waals surface area contributed by atoms with E-state index in [1.54, 1.807) is 12.5 Å². The number of hydrogen-bond donors (Lipinski definition) is 0. The van der Waals surface area contributed by atoms with Gasteiger partial charge in [-0.2, -0.15) is 0 Å². The maximum atomic E-state index is 13.1. The van der Waals surface area contributed by atoms with Crippen molar-refractivity contribution in [2.75, 3.05) is 0 Å². The molecular weight excluding hydrogens is 251 g/mol. The summed E-state index contributed by atoms with van der Waals surface area (Å²) in [6.45, 7) is 0.787. The Morgan fingerprint density at radius 2 is 1.65 bits per heavy atom. The lowest BCUT2D eigenvalue weighted by Crippen LogP contribution is -2.09. The van der Waals surface area contributed by atoms with Crippen LogP contribution in [0.1, 0.15) is 17.0 Å². The summed E-state index contributed by atoms with van der Waals surface area (Å²) in [5.41, 5.74) is 2.32. The molecule has 0 spiro atoms. The van der Waals surface area contributed by atoms with Gasteiger partial charge in [0.15, 0.2) is 0 Å². The van der Waals surface area contributed by atoms with Gasteiger partial charge in [-0.05, 0) is 23.3 Å². The first-order chi connectivity index (χ1) is 9.83. The second kappa shape index (κ2) is 5.70. The molecule has 0 aliphatic heterocycles. The number of hydrogen-bond acceptors (Lipinski definition) is 1. The molecule has 3 aromatic rings. The number of imidazole rings is 1. The third-order valence-corrected chi connectivity index (χ3v) is 3.43. The summed E-state index contributed by atoms with van der Waals surface area (Å²) in [7, 11) is 0. The summed E-state index contributed by atoms with van der Waals surface area (Å²) < 4.78 is 15.2. The van der Waals surface area contributed by atoms with Gasteiger partial charge in [-0.25, -0.2) is 9.37 Å². The monoisotopic (exact) mass is 266 g/mol. The maximum Gasteiger partial charge on any atom is 0.123 e.